The predicted molar refractivity (Wildman–Crippen MR) is 95.0 cm³/mol. The Kier molecular flexibility index (Phi) is 3.97. The third-order valence-corrected chi connectivity index (χ3v) is 5.94. The first kappa shape index (κ1) is 16.7. The van der Waals surface area contributed by atoms with E-state index in [-0.39, 0.29) is 23.2 Å². The zero-order valence-corrected chi connectivity index (χ0v) is 14.9. The zero-order chi connectivity index (χ0) is 18.3. The van der Waals surface area contributed by atoms with Gasteiger partial charge in [0.1, 0.15) is 5.82 Å². The molecule has 0 aliphatic carbocycles. The van der Waals surface area contributed by atoms with Crippen LogP contribution in [0.5, 0.6) is 0 Å². The summed E-state index contributed by atoms with van der Waals surface area (Å²) in [6.45, 7) is 1.04. The number of aromatic nitrogens is 3. The van der Waals surface area contributed by atoms with E-state index in [1.807, 2.05) is 18.2 Å². The van der Waals surface area contributed by atoms with E-state index in [0.717, 1.165) is 5.39 Å². The van der Waals surface area contributed by atoms with E-state index in [0.29, 0.717) is 24.3 Å². The van der Waals surface area contributed by atoms with Gasteiger partial charge >= 0.3 is 0 Å². The van der Waals surface area contributed by atoms with Crippen molar-refractivity contribution in [2.24, 2.45) is 0 Å². The van der Waals surface area contributed by atoms with Crippen molar-refractivity contribution in [3.05, 3.63) is 54.1 Å². The highest BCUT2D eigenvalue weighted by atomic mass is 32.2. The monoisotopic (exact) mass is 371 g/mol. The van der Waals surface area contributed by atoms with Crippen LogP contribution in [0.25, 0.3) is 10.8 Å². The van der Waals surface area contributed by atoms with E-state index >= 15 is 0 Å². The van der Waals surface area contributed by atoms with Crippen LogP contribution in [0.15, 0.2) is 47.4 Å². The quantitative estimate of drug-likeness (QED) is 0.738. The van der Waals surface area contributed by atoms with Gasteiger partial charge in [-0.25, -0.2) is 13.1 Å². The Morgan fingerprint density at radius 3 is 2.69 bits per heavy atom. The molecule has 0 spiro atoms. The summed E-state index contributed by atoms with van der Waals surface area (Å²) in [5, 5.41) is 9.38. The van der Waals surface area contributed by atoms with Crippen LogP contribution >= 0.6 is 0 Å². The number of benzene rings is 2. The fourth-order valence-corrected chi connectivity index (χ4v) is 4.26. The van der Waals surface area contributed by atoms with Gasteiger partial charge in [0, 0.05) is 25.5 Å². The van der Waals surface area contributed by atoms with Crippen LogP contribution in [0, 0.1) is 0 Å². The van der Waals surface area contributed by atoms with Crippen molar-refractivity contribution in [1.82, 2.24) is 24.4 Å². The van der Waals surface area contributed by atoms with E-state index in [2.05, 4.69) is 14.9 Å². The Bertz CT molecular complexity index is 1100. The van der Waals surface area contributed by atoms with Crippen LogP contribution in [0.3, 0.4) is 0 Å². The van der Waals surface area contributed by atoms with Crippen molar-refractivity contribution >= 4 is 26.7 Å². The molecule has 0 atom stereocenters. The number of fused-ring (bicyclic) bond motifs is 2. The van der Waals surface area contributed by atoms with Crippen molar-refractivity contribution in [3.8, 4) is 0 Å². The highest BCUT2D eigenvalue weighted by Gasteiger charge is 2.27. The molecule has 1 aromatic heterocycles. The molecule has 1 amide bonds. The molecular formula is C17H17N5O3S. The molecule has 3 aromatic rings. The van der Waals surface area contributed by atoms with Gasteiger partial charge in [-0.3, -0.25) is 4.79 Å². The van der Waals surface area contributed by atoms with Gasteiger partial charge in [0.05, 0.1) is 11.4 Å². The highest BCUT2D eigenvalue weighted by Crippen LogP contribution is 2.22. The van der Waals surface area contributed by atoms with Crippen molar-refractivity contribution in [2.75, 3.05) is 13.6 Å². The Hall–Kier alpha value is -2.78. The van der Waals surface area contributed by atoms with Crippen molar-refractivity contribution < 1.29 is 13.2 Å². The van der Waals surface area contributed by atoms with Gasteiger partial charge < -0.3 is 9.47 Å². The summed E-state index contributed by atoms with van der Waals surface area (Å²) < 4.78 is 29.8. The summed E-state index contributed by atoms with van der Waals surface area (Å²) >= 11 is 0. The Labute approximate surface area is 150 Å². The first-order chi connectivity index (χ1) is 12.5. The normalized spacial score (nSPS) is 14.7. The lowest BCUT2D eigenvalue weighted by atomic mass is 10.1. The van der Waals surface area contributed by atoms with E-state index in [4.69, 9.17) is 0 Å². The van der Waals surface area contributed by atoms with Crippen molar-refractivity contribution in [2.45, 2.75) is 18.0 Å². The summed E-state index contributed by atoms with van der Waals surface area (Å²) in [6.07, 6.45) is 0. The molecule has 1 aliphatic rings. The molecule has 0 saturated heterocycles. The lowest BCUT2D eigenvalue weighted by Crippen LogP contribution is -2.38. The minimum absolute atomic E-state index is 0.0322. The number of carbonyl (C=O) groups excluding carboxylic acids is 1. The van der Waals surface area contributed by atoms with E-state index < -0.39 is 10.0 Å². The van der Waals surface area contributed by atoms with Gasteiger partial charge in [0.2, 0.25) is 15.8 Å². The second-order valence-corrected chi connectivity index (χ2v) is 7.86. The summed E-state index contributed by atoms with van der Waals surface area (Å²) in [5.74, 6) is 0.440. The lowest BCUT2D eigenvalue weighted by molar-refractivity contribution is 0.0740. The molecule has 0 unspecified atom stereocenters. The third kappa shape index (κ3) is 2.74. The number of nitrogens with zero attached hydrogens (tertiary/aromatic N) is 4. The Balaban J connectivity index is 1.62. The highest BCUT2D eigenvalue weighted by molar-refractivity contribution is 7.89. The van der Waals surface area contributed by atoms with Crippen LogP contribution in [0.2, 0.25) is 0 Å². The average Bonchev–Trinajstić information content (AvgIpc) is 3.06. The van der Waals surface area contributed by atoms with Crippen LogP contribution in [0.4, 0.5) is 0 Å². The van der Waals surface area contributed by atoms with E-state index in [1.54, 1.807) is 40.8 Å². The maximum absolute atomic E-state index is 12.8. The second kappa shape index (κ2) is 6.19. The Morgan fingerprint density at radius 1 is 1.08 bits per heavy atom. The zero-order valence-electron chi connectivity index (χ0n) is 14.1. The average molecular weight is 371 g/mol. The van der Waals surface area contributed by atoms with Crippen LogP contribution in [-0.4, -0.2) is 47.6 Å². The molecule has 2 aromatic carbocycles. The third-order valence-electron chi connectivity index (χ3n) is 4.48. The molecule has 8 nitrogen and oxygen atoms in total. The molecular weight excluding hydrogens is 354 g/mol. The first-order valence-electron chi connectivity index (χ1n) is 8.12. The molecule has 1 aliphatic heterocycles. The number of sulfonamides is 1. The van der Waals surface area contributed by atoms with Gasteiger partial charge in [-0.05, 0) is 11.5 Å². The smallest absolute Gasteiger partial charge is 0.291 e. The lowest BCUT2D eigenvalue weighted by Gasteiger charge is -2.23. The number of carbonyl (C=O) groups is 1. The van der Waals surface area contributed by atoms with Gasteiger partial charge in [-0.15, -0.1) is 10.2 Å². The van der Waals surface area contributed by atoms with Gasteiger partial charge in [0.15, 0.2) is 0 Å². The summed E-state index contributed by atoms with van der Waals surface area (Å²) in [7, 11) is -2.04. The fourth-order valence-electron chi connectivity index (χ4n) is 3.05. The molecule has 0 bridgehead atoms. The molecule has 2 heterocycles. The molecule has 0 saturated carbocycles. The molecule has 1 N–H and O–H groups in total. The maximum Gasteiger partial charge on any atom is 0.291 e. The number of hydrogen-bond donors (Lipinski definition) is 1. The summed E-state index contributed by atoms with van der Waals surface area (Å²) in [4.78, 5) is 13.8. The molecule has 26 heavy (non-hydrogen) atoms. The van der Waals surface area contributed by atoms with E-state index in [1.165, 1.54) is 0 Å². The molecule has 0 fully saturated rings. The number of likely N-dealkylation sites (N-methyl/N-ethyl adjacent to an activating group) is 1. The molecule has 0 radical (unpaired) electrons. The number of rotatable bonds is 4. The van der Waals surface area contributed by atoms with Crippen LogP contribution < -0.4 is 4.72 Å². The van der Waals surface area contributed by atoms with Gasteiger partial charge in [-0.1, -0.05) is 36.4 Å². The number of hydrogen-bond acceptors (Lipinski definition) is 5. The largest absolute Gasteiger partial charge is 0.337 e. The minimum Gasteiger partial charge on any atom is -0.337 e. The standard InChI is InChI=1S/C17H17N5O3S/c1-21-9-10-22-15(19-20-16(22)17(21)23)11-18-26(24,25)14-8-4-6-12-5-2-3-7-13(12)14/h2-8,18H,9-11H2,1H3. The molecule has 9 heteroatoms. The number of amides is 1. The maximum atomic E-state index is 12.8. The summed E-state index contributed by atoms with van der Waals surface area (Å²) in [5.41, 5.74) is 0. The molecule has 4 rings (SSSR count). The fraction of sp³-hybridized carbons (Fsp3) is 0.235. The van der Waals surface area contributed by atoms with E-state index in [9.17, 15) is 13.2 Å². The van der Waals surface area contributed by atoms with Crippen LogP contribution in [0.1, 0.15) is 16.4 Å². The minimum atomic E-state index is -3.74. The SMILES string of the molecule is CN1CCn2c(CNS(=O)(=O)c3cccc4ccccc34)nnc2C1=O. The predicted octanol–water partition coefficient (Wildman–Crippen LogP) is 0.995. The summed E-state index contributed by atoms with van der Waals surface area (Å²) in [6, 6.07) is 12.5. The van der Waals surface area contributed by atoms with Gasteiger partial charge in [0.25, 0.3) is 5.91 Å². The van der Waals surface area contributed by atoms with Gasteiger partial charge in [-0.2, -0.15) is 0 Å². The first-order valence-corrected chi connectivity index (χ1v) is 9.61. The van der Waals surface area contributed by atoms with Crippen LogP contribution in [-0.2, 0) is 23.1 Å². The van der Waals surface area contributed by atoms with Crippen molar-refractivity contribution in [3.63, 3.8) is 0 Å². The number of nitrogens with one attached hydrogen (secondary N) is 1. The van der Waals surface area contributed by atoms with Crippen molar-refractivity contribution in [1.29, 1.82) is 0 Å². The topological polar surface area (TPSA) is 97.2 Å². The Morgan fingerprint density at radius 2 is 1.85 bits per heavy atom. The second-order valence-electron chi connectivity index (χ2n) is 6.12. The molecule has 134 valence electrons.